The van der Waals surface area contributed by atoms with Gasteiger partial charge in [0.1, 0.15) is 4.70 Å². The van der Waals surface area contributed by atoms with E-state index < -0.39 is 0 Å². The van der Waals surface area contributed by atoms with Crippen LogP contribution in [0, 0.1) is 6.92 Å². The molecule has 2 aromatic heterocycles. The number of aryl methyl sites for hydroxylation is 1. The van der Waals surface area contributed by atoms with Gasteiger partial charge in [0.25, 0.3) is 5.56 Å². The number of thiophene rings is 1. The fourth-order valence-electron chi connectivity index (χ4n) is 2.78. The van der Waals surface area contributed by atoms with Crippen LogP contribution in [0.2, 0.25) is 10.0 Å². The maximum Gasteiger partial charge on any atom is 0.276 e. The lowest BCUT2D eigenvalue weighted by Crippen LogP contribution is -2.21. The quantitative estimate of drug-likeness (QED) is 0.278. The molecule has 0 saturated carbocycles. The van der Waals surface area contributed by atoms with E-state index in [0.29, 0.717) is 36.9 Å². The number of aromatic nitrogens is 2. The van der Waals surface area contributed by atoms with Crippen LogP contribution in [0.3, 0.4) is 0 Å². The SMILES string of the molecule is Cc1ccccc1CSc1nc2ccsc2c(=O)n1-c1cccc(Cl)c1Cl. The Bertz CT molecular complexity index is 1200. The molecule has 0 spiro atoms. The Hall–Kier alpha value is -1.79. The van der Waals surface area contributed by atoms with Gasteiger partial charge in [-0.1, -0.05) is 65.3 Å². The van der Waals surface area contributed by atoms with Gasteiger partial charge in [-0.15, -0.1) is 11.3 Å². The number of hydrogen-bond acceptors (Lipinski definition) is 4. The molecular weight excluding hydrogens is 419 g/mol. The summed E-state index contributed by atoms with van der Waals surface area (Å²) in [6.07, 6.45) is 0. The van der Waals surface area contributed by atoms with Crippen molar-refractivity contribution in [1.29, 1.82) is 0 Å². The van der Waals surface area contributed by atoms with E-state index in [0.717, 1.165) is 0 Å². The summed E-state index contributed by atoms with van der Waals surface area (Å²) in [4.78, 5) is 17.9. The number of fused-ring (bicyclic) bond motifs is 1. The van der Waals surface area contributed by atoms with Crippen molar-refractivity contribution in [3.8, 4) is 5.69 Å². The minimum absolute atomic E-state index is 0.133. The molecule has 0 amide bonds. The molecule has 7 heteroatoms. The van der Waals surface area contributed by atoms with Crippen molar-refractivity contribution in [2.45, 2.75) is 17.8 Å². The van der Waals surface area contributed by atoms with Gasteiger partial charge in [0.2, 0.25) is 0 Å². The van der Waals surface area contributed by atoms with Gasteiger partial charge < -0.3 is 0 Å². The monoisotopic (exact) mass is 432 g/mol. The van der Waals surface area contributed by atoms with Gasteiger partial charge in [0.05, 0.1) is 21.2 Å². The highest BCUT2D eigenvalue weighted by Crippen LogP contribution is 2.32. The van der Waals surface area contributed by atoms with E-state index in [1.165, 1.54) is 34.2 Å². The fraction of sp³-hybridized carbons (Fsp3) is 0.100. The first kappa shape index (κ1) is 18.6. The third-order valence-corrected chi connectivity index (χ3v) is 6.93. The molecule has 4 rings (SSSR count). The van der Waals surface area contributed by atoms with Crippen LogP contribution < -0.4 is 5.56 Å². The highest BCUT2D eigenvalue weighted by atomic mass is 35.5. The van der Waals surface area contributed by atoms with Crippen molar-refractivity contribution in [3.05, 3.63) is 85.4 Å². The molecule has 0 fully saturated rings. The average molecular weight is 433 g/mol. The second-order valence-electron chi connectivity index (χ2n) is 5.96. The van der Waals surface area contributed by atoms with Crippen LogP contribution in [0.5, 0.6) is 0 Å². The molecule has 136 valence electrons. The first-order chi connectivity index (χ1) is 13.1. The smallest absolute Gasteiger partial charge is 0.267 e. The third kappa shape index (κ3) is 3.52. The van der Waals surface area contributed by atoms with Gasteiger partial charge in [-0.05, 0) is 41.6 Å². The fourth-order valence-corrected chi connectivity index (χ4v) is 5.00. The number of thioether (sulfide) groups is 1. The molecule has 0 atom stereocenters. The summed E-state index contributed by atoms with van der Waals surface area (Å²) in [5.41, 5.74) is 3.52. The molecule has 0 N–H and O–H groups in total. The molecule has 0 radical (unpaired) electrons. The number of rotatable bonds is 4. The molecule has 3 nitrogen and oxygen atoms in total. The Morgan fingerprint density at radius 1 is 1.11 bits per heavy atom. The van der Waals surface area contributed by atoms with E-state index in [1.807, 2.05) is 23.6 Å². The Kier molecular flexibility index (Phi) is 5.28. The summed E-state index contributed by atoms with van der Waals surface area (Å²) in [5.74, 6) is 0.701. The van der Waals surface area contributed by atoms with E-state index in [4.69, 9.17) is 28.2 Å². The van der Waals surface area contributed by atoms with E-state index in [2.05, 4.69) is 19.1 Å². The maximum absolute atomic E-state index is 13.2. The zero-order valence-corrected chi connectivity index (χ0v) is 17.4. The predicted molar refractivity (Wildman–Crippen MR) is 116 cm³/mol. The zero-order chi connectivity index (χ0) is 19.0. The van der Waals surface area contributed by atoms with Crippen LogP contribution in [0.4, 0.5) is 0 Å². The molecular formula is C20H14Cl2N2OS2. The molecule has 0 aliphatic carbocycles. The standard InChI is InChI=1S/C20H14Cl2N2OS2/c1-12-5-2-3-6-13(12)11-27-20-23-15-9-10-26-18(15)19(25)24(20)16-8-4-7-14(21)17(16)22/h2-10H,11H2,1H3. The minimum Gasteiger partial charge on any atom is -0.267 e. The van der Waals surface area contributed by atoms with Crippen molar-refractivity contribution in [1.82, 2.24) is 9.55 Å². The van der Waals surface area contributed by atoms with Crippen LogP contribution in [-0.4, -0.2) is 9.55 Å². The number of hydrogen-bond donors (Lipinski definition) is 0. The van der Waals surface area contributed by atoms with Gasteiger partial charge >= 0.3 is 0 Å². The van der Waals surface area contributed by atoms with E-state index >= 15 is 0 Å². The largest absolute Gasteiger partial charge is 0.276 e. The van der Waals surface area contributed by atoms with Gasteiger partial charge in [-0.3, -0.25) is 9.36 Å². The highest BCUT2D eigenvalue weighted by molar-refractivity contribution is 7.98. The van der Waals surface area contributed by atoms with Crippen molar-refractivity contribution in [2.75, 3.05) is 0 Å². The summed E-state index contributed by atoms with van der Waals surface area (Å²) in [7, 11) is 0. The Morgan fingerprint density at radius 2 is 1.93 bits per heavy atom. The molecule has 0 unspecified atom stereocenters. The lowest BCUT2D eigenvalue weighted by molar-refractivity contribution is 0.822. The zero-order valence-electron chi connectivity index (χ0n) is 14.3. The Balaban J connectivity index is 1.87. The first-order valence-corrected chi connectivity index (χ1v) is 10.8. The molecule has 0 aliphatic heterocycles. The molecule has 0 bridgehead atoms. The van der Waals surface area contributed by atoms with E-state index in [9.17, 15) is 4.79 Å². The van der Waals surface area contributed by atoms with Crippen LogP contribution in [0.15, 0.2) is 63.9 Å². The van der Waals surface area contributed by atoms with Crippen molar-refractivity contribution in [2.24, 2.45) is 0 Å². The number of halogens is 2. The summed E-state index contributed by atoms with van der Waals surface area (Å²) in [6.45, 7) is 2.08. The van der Waals surface area contributed by atoms with Crippen LogP contribution in [0.1, 0.15) is 11.1 Å². The Labute approximate surface area is 174 Å². The van der Waals surface area contributed by atoms with E-state index in [1.54, 1.807) is 22.8 Å². The molecule has 0 saturated heterocycles. The second kappa shape index (κ2) is 7.68. The first-order valence-electron chi connectivity index (χ1n) is 8.18. The topological polar surface area (TPSA) is 34.9 Å². The summed E-state index contributed by atoms with van der Waals surface area (Å²) in [5, 5.41) is 3.22. The van der Waals surface area contributed by atoms with Gasteiger partial charge in [-0.2, -0.15) is 0 Å². The average Bonchev–Trinajstić information content (AvgIpc) is 3.13. The second-order valence-corrected chi connectivity index (χ2v) is 8.60. The van der Waals surface area contributed by atoms with Crippen molar-refractivity contribution < 1.29 is 0 Å². The van der Waals surface area contributed by atoms with Crippen LogP contribution in [-0.2, 0) is 5.75 Å². The van der Waals surface area contributed by atoms with Crippen LogP contribution in [0.25, 0.3) is 15.9 Å². The molecule has 4 aromatic rings. The van der Waals surface area contributed by atoms with Gasteiger partial charge in [0, 0.05) is 5.75 Å². The van der Waals surface area contributed by atoms with Gasteiger partial charge in [-0.25, -0.2) is 4.98 Å². The summed E-state index contributed by atoms with van der Waals surface area (Å²) >= 11 is 15.5. The maximum atomic E-state index is 13.2. The lowest BCUT2D eigenvalue weighted by Gasteiger charge is -2.14. The normalized spacial score (nSPS) is 11.2. The van der Waals surface area contributed by atoms with Crippen LogP contribution >= 0.6 is 46.3 Å². The van der Waals surface area contributed by atoms with E-state index in [-0.39, 0.29) is 5.56 Å². The molecule has 2 aromatic carbocycles. The number of nitrogens with zero attached hydrogens (tertiary/aromatic N) is 2. The minimum atomic E-state index is -0.133. The third-order valence-electron chi connectivity index (χ3n) is 4.24. The molecule has 2 heterocycles. The highest BCUT2D eigenvalue weighted by Gasteiger charge is 2.17. The summed E-state index contributed by atoms with van der Waals surface area (Å²) < 4.78 is 2.17. The predicted octanol–water partition coefficient (Wildman–Crippen LogP) is 6.35. The molecule has 0 aliphatic rings. The number of benzene rings is 2. The summed E-state index contributed by atoms with van der Waals surface area (Å²) in [6, 6.07) is 15.3. The Morgan fingerprint density at radius 3 is 2.74 bits per heavy atom. The van der Waals surface area contributed by atoms with Crippen molar-refractivity contribution >= 4 is 56.5 Å². The molecule has 27 heavy (non-hydrogen) atoms. The lowest BCUT2D eigenvalue weighted by atomic mass is 10.1. The van der Waals surface area contributed by atoms with Crippen molar-refractivity contribution in [3.63, 3.8) is 0 Å². The van der Waals surface area contributed by atoms with Gasteiger partial charge in [0.15, 0.2) is 5.16 Å².